The maximum absolute atomic E-state index is 12.6. The maximum atomic E-state index is 12.6. The fourth-order valence-corrected chi connectivity index (χ4v) is 4.48. The Balaban J connectivity index is 2.16. The topological polar surface area (TPSA) is 49.4 Å². The molecule has 4 nitrogen and oxygen atoms in total. The molecular formula is C15H20N2O2S2. The van der Waals surface area contributed by atoms with E-state index in [2.05, 4.69) is 12.2 Å². The molecule has 2 rings (SSSR count). The molecule has 1 aromatic heterocycles. The largest absolute Gasteiger partial charge is 0.313 e. The predicted molar refractivity (Wildman–Crippen MR) is 88.3 cm³/mol. The molecule has 1 heterocycles. The van der Waals surface area contributed by atoms with E-state index in [9.17, 15) is 8.42 Å². The van der Waals surface area contributed by atoms with Gasteiger partial charge >= 0.3 is 0 Å². The average Bonchev–Trinajstić information content (AvgIpc) is 2.97. The molecule has 0 saturated heterocycles. The summed E-state index contributed by atoms with van der Waals surface area (Å²) in [5, 5.41) is 5.17. The van der Waals surface area contributed by atoms with Crippen LogP contribution in [0.25, 0.3) is 0 Å². The first-order valence-electron chi connectivity index (χ1n) is 6.88. The van der Waals surface area contributed by atoms with E-state index in [4.69, 9.17) is 0 Å². The highest BCUT2D eigenvalue weighted by Crippen LogP contribution is 2.26. The number of para-hydroxylation sites is 1. The van der Waals surface area contributed by atoms with Crippen molar-refractivity contribution in [2.24, 2.45) is 0 Å². The van der Waals surface area contributed by atoms with Gasteiger partial charge in [0.25, 0.3) is 10.0 Å². The van der Waals surface area contributed by atoms with Crippen LogP contribution in [-0.2, 0) is 16.6 Å². The van der Waals surface area contributed by atoms with Crippen LogP contribution in [-0.4, -0.2) is 22.0 Å². The van der Waals surface area contributed by atoms with E-state index in [1.54, 1.807) is 25.2 Å². The molecule has 1 aromatic carbocycles. The molecule has 0 aliphatic rings. The van der Waals surface area contributed by atoms with Crippen molar-refractivity contribution in [2.45, 2.75) is 24.1 Å². The lowest BCUT2D eigenvalue weighted by Crippen LogP contribution is -2.25. The number of hydrogen-bond acceptors (Lipinski definition) is 4. The zero-order chi connectivity index (χ0) is 15.3. The van der Waals surface area contributed by atoms with Gasteiger partial charge in [-0.05, 0) is 42.1 Å². The van der Waals surface area contributed by atoms with E-state index < -0.39 is 10.0 Å². The summed E-state index contributed by atoms with van der Waals surface area (Å²) in [6.45, 7) is 3.74. The third-order valence-electron chi connectivity index (χ3n) is 3.12. The summed E-state index contributed by atoms with van der Waals surface area (Å²) in [4.78, 5) is 0. The fourth-order valence-electron chi connectivity index (χ4n) is 1.90. The van der Waals surface area contributed by atoms with Crippen molar-refractivity contribution in [3.05, 3.63) is 47.3 Å². The molecule has 21 heavy (non-hydrogen) atoms. The van der Waals surface area contributed by atoms with Crippen molar-refractivity contribution in [2.75, 3.05) is 17.9 Å². The lowest BCUT2D eigenvalue weighted by molar-refractivity contribution is 0.596. The van der Waals surface area contributed by atoms with Crippen LogP contribution < -0.4 is 9.62 Å². The number of hydrogen-bond donors (Lipinski definition) is 1. The Morgan fingerprint density at radius 1 is 1.24 bits per heavy atom. The number of rotatable bonds is 7. The Labute approximate surface area is 130 Å². The second kappa shape index (κ2) is 7.06. The second-order valence-corrected chi connectivity index (χ2v) is 7.87. The lowest BCUT2D eigenvalue weighted by Gasteiger charge is -2.18. The van der Waals surface area contributed by atoms with Gasteiger partial charge in [-0.3, -0.25) is 4.31 Å². The first kappa shape index (κ1) is 16.0. The molecule has 2 aromatic rings. The standard InChI is InChI=1S/C15H20N2O2S2/c1-3-9-16-11-13-10-15(20-12-13)21(18,19)17(2)14-7-5-4-6-8-14/h4-8,10,12,16H,3,9,11H2,1-2H3. The van der Waals surface area contributed by atoms with Crippen LogP contribution in [0.15, 0.2) is 46.0 Å². The van der Waals surface area contributed by atoms with Crippen LogP contribution >= 0.6 is 11.3 Å². The van der Waals surface area contributed by atoms with Gasteiger partial charge in [-0.1, -0.05) is 25.1 Å². The highest BCUT2D eigenvalue weighted by molar-refractivity contribution is 7.94. The van der Waals surface area contributed by atoms with Gasteiger partial charge in [0, 0.05) is 13.6 Å². The minimum atomic E-state index is -3.48. The van der Waals surface area contributed by atoms with Crippen molar-refractivity contribution in [1.82, 2.24) is 5.32 Å². The van der Waals surface area contributed by atoms with Crippen LogP contribution in [0.3, 0.4) is 0 Å². The Bertz CT molecular complexity index is 666. The van der Waals surface area contributed by atoms with Crippen molar-refractivity contribution in [3.8, 4) is 0 Å². The van der Waals surface area contributed by atoms with Crippen LogP contribution in [0.4, 0.5) is 5.69 Å². The molecule has 0 radical (unpaired) electrons. The molecule has 0 fully saturated rings. The second-order valence-electron chi connectivity index (χ2n) is 4.76. The molecule has 0 amide bonds. The molecular weight excluding hydrogens is 304 g/mol. The number of nitrogens with zero attached hydrogens (tertiary/aromatic N) is 1. The summed E-state index contributed by atoms with van der Waals surface area (Å²) in [6, 6.07) is 10.9. The highest BCUT2D eigenvalue weighted by atomic mass is 32.2. The SMILES string of the molecule is CCCNCc1csc(S(=O)(=O)N(C)c2ccccc2)c1. The number of sulfonamides is 1. The van der Waals surface area contributed by atoms with Crippen LogP contribution in [0.1, 0.15) is 18.9 Å². The molecule has 1 N–H and O–H groups in total. The van der Waals surface area contributed by atoms with Crippen molar-refractivity contribution < 1.29 is 8.42 Å². The molecule has 0 unspecified atom stereocenters. The Morgan fingerprint density at radius 2 is 1.95 bits per heavy atom. The molecule has 0 atom stereocenters. The summed E-state index contributed by atoms with van der Waals surface area (Å²) in [5.41, 5.74) is 1.67. The Morgan fingerprint density at radius 3 is 2.62 bits per heavy atom. The fraction of sp³-hybridized carbons (Fsp3) is 0.333. The zero-order valence-corrected chi connectivity index (χ0v) is 13.9. The van der Waals surface area contributed by atoms with Gasteiger partial charge in [0.05, 0.1) is 5.69 Å². The van der Waals surface area contributed by atoms with Crippen LogP contribution in [0.5, 0.6) is 0 Å². The number of nitrogens with one attached hydrogen (secondary N) is 1. The summed E-state index contributed by atoms with van der Waals surface area (Å²) < 4.78 is 26.9. The lowest BCUT2D eigenvalue weighted by atomic mass is 10.3. The molecule has 0 aliphatic heterocycles. The van der Waals surface area contributed by atoms with Gasteiger partial charge in [0.15, 0.2) is 0 Å². The van der Waals surface area contributed by atoms with Gasteiger partial charge in [0.1, 0.15) is 4.21 Å². The van der Waals surface area contributed by atoms with Crippen molar-refractivity contribution in [3.63, 3.8) is 0 Å². The van der Waals surface area contributed by atoms with E-state index in [1.807, 2.05) is 23.6 Å². The number of benzene rings is 1. The quantitative estimate of drug-likeness (QED) is 0.796. The molecule has 0 spiro atoms. The first-order chi connectivity index (χ1) is 10.1. The number of anilines is 1. The van der Waals surface area contributed by atoms with Gasteiger partial charge < -0.3 is 5.32 Å². The predicted octanol–water partition coefficient (Wildman–Crippen LogP) is 3.07. The zero-order valence-electron chi connectivity index (χ0n) is 12.2. The smallest absolute Gasteiger partial charge is 0.273 e. The van der Waals surface area contributed by atoms with E-state index in [-0.39, 0.29) is 0 Å². The molecule has 114 valence electrons. The maximum Gasteiger partial charge on any atom is 0.273 e. The average molecular weight is 324 g/mol. The van der Waals surface area contributed by atoms with Crippen LogP contribution in [0.2, 0.25) is 0 Å². The summed E-state index contributed by atoms with van der Waals surface area (Å²) in [7, 11) is -1.89. The van der Waals surface area contributed by atoms with Gasteiger partial charge in [-0.15, -0.1) is 11.3 Å². The van der Waals surface area contributed by atoms with Gasteiger partial charge in [-0.2, -0.15) is 0 Å². The third kappa shape index (κ3) is 3.84. The monoisotopic (exact) mass is 324 g/mol. The van der Waals surface area contributed by atoms with Crippen LogP contribution in [0, 0.1) is 0 Å². The Kier molecular flexibility index (Phi) is 5.39. The van der Waals surface area contributed by atoms with Gasteiger partial charge in [0.2, 0.25) is 0 Å². The van der Waals surface area contributed by atoms with E-state index in [1.165, 1.54) is 15.6 Å². The summed E-state index contributed by atoms with van der Waals surface area (Å²) >= 11 is 1.27. The third-order valence-corrected chi connectivity index (χ3v) is 6.37. The van der Waals surface area contributed by atoms with E-state index in [0.717, 1.165) is 18.5 Å². The first-order valence-corrected chi connectivity index (χ1v) is 9.19. The van der Waals surface area contributed by atoms with Gasteiger partial charge in [-0.25, -0.2) is 8.42 Å². The van der Waals surface area contributed by atoms with Crippen molar-refractivity contribution >= 4 is 27.0 Å². The number of thiophene rings is 1. The molecule has 0 aliphatic carbocycles. The van der Waals surface area contributed by atoms with Crippen molar-refractivity contribution in [1.29, 1.82) is 0 Å². The molecule has 0 saturated carbocycles. The minimum absolute atomic E-state index is 0.377. The molecule has 6 heteroatoms. The summed E-state index contributed by atoms with van der Waals surface area (Å²) in [5.74, 6) is 0. The molecule has 0 bridgehead atoms. The highest BCUT2D eigenvalue weighted by Gasteiger charge is 2.23. The normalized spacial score (nSPS) is 11.5. The van der Waals surface area contributed by atoms with E-state index in [0.29, 0.717) is 16.4 Å². The van der Waals surface area contributed by atoms with E-state index >= 15 is 0 Å². The Hall–Kier alpha value is -1.37. The minimum Gasteiger partial charge on any atom is -0.313 e. The summed E-state index contributed by atoms with van der Waals surface area (Å²) in [6.07, 6.45) is 1.06.